The van der Waals surface area contributed by atoms with Crippen LogP contribution in [-0.4, -0.2) is 9.80 Å². The molecule has 0 N–H and O–H groups in total. The van der Waals surface area contributed by atoms with Crippen LogP contribution >= 0.6 is 27.3 Å². The number of fused-ring (bicyclic) bond motifs is 7. The van der Waals surface area contributed by atoms with Crippen LogP contribution in [0.2, 0.25) is 0 Å². The van der Waals surface area contributed by atoms with Gasteiger partial charge in [0.25, 0.3) is 0 Å². The second kappa shape index (κ2) is 17.0. The molecule has 0 saturated heterocycles. The molecule has 50 heavy (non-hydrogen) atoms. The molecule has 0 amide bonds. The molecule has 0 aliphatic carbocycles. The number of hydrogen-bond donors (Lipinski definition) is 0. The van der Waals surface area contributed by atoms with Gasteiger partial charge in [-0.25, -0.2) is 0 Å². The van der Waals surface area contributed by atoms with Crippen LogP contribution in [0.5, 0.6) is 0 Å². The van der Waals surface area contributed by atoms with Crippen LogP contribution < -0.4 is 5.30 Å². The predicted octanol–water partition coefficient (Wildman–Crippen LogP) is 11.6. The van der Waals surface area contributed by atoms with Gasteiger partial charge in [0.2, 0.25) is 6.67 Å². The van der Waals surface area contributed by atoms with Gasteiger partial charge in [-0.3, -0.25) is 0 Å². The second-order valence-electron chi connectivity index (χ2n) is 12.4. The van der Waals surface area contributed by atoms with Gasteiger partial charge in [0.15, 0.2) is 0 Å². The molecule has 2 radical (unpaired) electrons. The van der Waals surface area contributed by atoms with Gasteiger partial charge in [0, 0.05) is 25.5 Å². The molecule has 2 heterocycles. The van der Waals surface area contributed by atoms with Gasteiger partial charge in [0.05, 0.1) is 0 Å². The Kier molecular flexibility index (Phi) is 11.8. The van der Waals surface area contributed by atoms with Crippen LogP contribution in [0.15, 0.2) is 170 Å². The Hall–Kier alpha value is -3.75. The molecule has 0 unspecified atom stereocenters. The normalized spacial score (nSPS) is 13.5. The van der Waals surface area contributed by atoms with Crippen molar-refractivity contribution >= 4 is 54.1 Å². The second-order valence-corrected chi connectivity index (χ2v) is 14.6. The van der Waals surface area contributed by atoms with E-state index in [0.29, 0.717) is 0 Å². The summed E-state index contributed by atoms with van der Waals surface area (Å²) in [6.07, 6.45) is 6.38. The molecule has 2 aliphatic heterocycles. The van der Waals surface area contributed by atoms with Crippen LogP contribution in [0.4, 0.5) is 0 Å². The summed E-state index contributed by atoms with van der Waals surface area (Å²) in [5, 5.41) is 6.93. The Morgan fingerprint density at radius 1 is 0.560 bits per heavy atom. The molecule has 9 rings (SSSR count). The summed E-state index contributed by atoms with van der Waals surface area (Å²) >= 11 is 4.23. The third-order valence-electron chi connectivity index (χ3n) is 9.12. The van der Waals surface area contributed by atoms with Crippen molar-refractivity contribution in [1.29, 1.82) is 0 Å². The number of hydrogen-bond acceptors (Lipinski definition) is 2. The van der Waals surface area contributed by atoms with E-state index in [9.17, 15) is 0 Å². The van der Waals surface area contributed by atoms with Crippen molar-refractivity contribution in [3.8, 4) is 11.1 Å². The van der Waals surface area contributed by atoms with E-state index >= 15 is 0 Å². The molecule has 0 fully saturated rings. The minimum absolute atomic E-state index is 0.277. The van der Waals surface area contributed by atoms with Crippen molar-refractivity contribution in [1.82, 2.24) is 9.80 Å². The van der Waals surface area contributed by atoms with Gasteiger partial charge >= 0.3 is 35.5 Å². The first kappa shape index (κ1) is 34.7. The number of rotatable bonds is 5. The van der Waals surface area contributed by atoms with Gasteiger partial charge in [-0.2, -0.15) is 30.3 Å². The van der Waals surface area contributed by atoms with Crippen LogP contribution in [-0.2, 0) is 41.5 Å². The van der Waals surface area contributed by atoms with E-state index in [2.05, 4.69) is 198 Å². The Bertz CT molecular complexity index is 2050. The van der Waals surface area contributed by atoms with Crippen LogP contribution in [0.1, 0.15) is 22.3 Å². The largest absolute Gasteiger partial charge is 0.0663 e. The molecule has 248 valence electrons. The first-order valence-corrected chi connectivity index (χ1v) is 24.8. The summed E-state index contributed by atoms with van der Waals surface area (Å²) in [6.45, 7) is 4.99. The van der Waals surface area contributed by atoms with Gasteiger partial charge in [-0.05, 0) is 67.0 Å². The Morgan fingerprint density at radius 3 is 1.66 bits per heavy atom. The maximum absolute atomic E-state index is 3.32. The van der Waals surface area contributed by atoms with E-state index in [1.54, 1.807) is 0 Å². The monoisotopic (exact) mass is 957 g/mol. The molecule has 0 saturated carbocycles. The van der Waals surface area contributed by atoms with E-state index in [-0.39, 0.29) is 7.92 Å². The van der Waals surface area contributed by atoms with Crippen molar-refractivity contribution < 1.29 is 16.1 Å². The molecule has 0 aromatic heterocycles. The number of nitrogens with zero attached hydrogens (tertiary/aromatic N) is 2. The van der Waals surface area contributed by atoms with Gasteiger partial charge in [-0.1, -0.05) is 141 Å². The van der Waals surface area contributed by atoms with E-state index < -0.39 is 0 Å². The van der Waals surface area contributed by atoms with Crippen molar-refractivity contribution in [2.75, 3.05) is 0 Å². The van der Waals surface area contributed by atoms with E-state index in [1.807, 2.05) is 30.5 Å². The van der Waals surface area contributed by atoms with Gasteiger partial charge in [0.1, 0.15) is 0 Å². The van der Waals surface area contributed by atoms with E-state index in [0.717, 1.165) is 25.4 Å². The molecule has 0 atom stereocenters. The Morgan fingerprint density at radius 2 is 1.08 bits per heavy atom. The number of benzene rings is 7. The minimum atomic E-state index is -0.277. The zero-order valence-electron chi connectivity index (χ0n) is 27.5. The van der Waals surface area contributed by atoms with Crippen LogP contribution in [0, 0.1) is 12.7 Å². The van der Waals surface area contributed by atoms with E-state index in [1.165, 1.54) is 60.2 Å². The maximum atomic E-state index is 3.32. The van der Waals surface area contributed by atoms with Gasteiger partial charge in [-0.15, -0.1) is 5.56 Å². The fourth-order valence-corrected chi connectivity index (χ4v) is 9.26. The summed E-state index contributed by atoms with van der Waals surface area (Å²) < 4.78 is 0. The SMILES string of the molecule is [C]1N(Cc2[c-]cccc2)C=CN1Cc1ccccc1.[I][Pt+].c1ccc(P2Cc3ccc4ccccc4c3-c3c(ccc4ccccc34)C2)cc1. The standard InChI is InChI=1S/C28H21P.C17H15N2.HI.Pt/c1-2-10-24(11-3-1)29-18-22-16-14-20-8-4-6-12-25(20)27(22)28-23(19-29)17-15-21-9-5-7-13-26(21)28;1-3-7-16(8-4-1)13-18-11-12-19(15-18)14-17-9-5-2-6-10-17;;/h1-17H,18-19H2;1-9,11-12H,13-14H2;1H;/q;-1;;+2/p-1. The maximum Gasteiger partial charge on any atom is -0.00234 e. The summed E-state index contributed by atoms with van der Waals surface area (Å²) in [6, 6.07) is 59.9. The van der Waals surface area contributed by atoms with E-state index in [4.69, 9.17) is 0 Å². The molecule has 5 heteroatoms. The fraction of sp³-hybridized carbons (Fsp3) is 0.0889. The molecule has 7 aromatic rings. The topological polar surface area (TPSA) is 6.48 Å². The Balaban J connectivity index is 0.000000162. The summed E-state index contributed by atoms with van der Waals surface area (Å²) in [5.74, 6) is 0. The number of halogens is 1. The van der Waals surface area contributed by atoms with Crippen molar-refractivity contribution in [2.24, 2.45) is 0 Å². The molecular formula is C45H36IN2PPt. The smallest absolute Gasteiger partial charge is 0.00234 e. The first-order valence-electron chi connectivity index (χ1n) is 16.7. The molecule has 0 bridgehead atoms. The molecule has 2 aliphatic rings. The quantitative estimate of drug-likeness (QED) is 0.0964. The fourth-order valence-electron chi connectivity index (χ4n) is 6.84. The van der Waals surface area contributed by atoms with Crippen molar-refractivity contribution in [3.05, 3.63) is 205 Å². The molecule has 2 nitrogen and oxygen atoms in total. The zero-order chi connectivity index (χ0) is 34.1. The van der Waals surface area contributed by atoms with Crippen LogP contribution in [0.3, 0.4) is 0 Å². The summed E-state index contributed by atoms with van der Waals surface area (Å²) in [4.78, 5) is 4.12. The molecule has 7 aromatic carbocycles. The summed E-state index contributed by atoms with van der Waals surface area (Å²) in [7, 11) is -0.277. The molecule has 0 spiro atoms. The third kappa shape index (κ3) is 8.07. The van der Waals surface area contributed by atoms with Gasteiger partial charge < -0.3 is 9.80 Å². The predicted molar refractivity (Wildman–Crippen MR) is 217 cm³/mol. The third-order valence-corrected chi connectivity index (χ3v) is 11.6. The minimum Gasteiger partial charge on any atom is -0.0663 e. The van der Waals surface area contributed by atoms with Crippen molar-refractivity contribution in [2.45, 2.75) is 25.4 Å². The Labute approximate surface area is 319 Å². The van der Waals surface area contributed by atoms with Crippen LogP contribution in [0.25, 0.3) is 32.7 Å². The average molecular weight is 958 g/mol. The molecular weight excluding hydrogens is 921 g/mol. The summed E-state index contributed by atoms with van der Waals surface area (Å²) in [5.41, 5.74) is 8.35. The average Bonchev–Trinajstić information content (AvgIpc) is 3.54. The zero-order valence-corrected chi connectivity index (χ0v) is 32.9. The first-order chi connectivity index (χ1) is 24.8. The van der Waals surface area contributed by atoms with Crippen molar-refractivity contribution in [3.63, 3.8) is 0 Å².